The quantitative estimate of drug-likeness (QED) is 0.710. The second-order valence-electron chi connectivity index (χ2n) is 3.31. The van der Waals surface area contributed by atoms with Crippen molar-refractivity contribution in [2.24, 2.45) is 0 Å². The Morgan fingerprint density at radius 1 is 1.60 bits per heavy atom. The molecule has 0 spiro atoms. The number of carboxylic acid groups (broad SMARTS) is 1. The van der Waals surface area contributed by atoms with Crippen LogP contribution in [-0.4, -0.2) is 18.2 Å². The number of hydrogen-bond donors (Lipinski definition) is 2. The van der Waals surface area contributed by atoms with Crippen LogP contribution in [0.4, 0.5) is 5.69 Å². The number of ether oxygens (including phenoxy) is 2. The number of carbonyl (C=O) groups is 1. The monoisotopic (exact) mass is 209 g/mol. The number of hydrogen-bond acceptors (Lipinski definition) is 4. The molecule has 0 bridgehead atoms. The first-order valence-electron chi connectivity index (χ1n) is 4.44. The Kier molecular flexibility index (Phi) is 2.24. The maximum Gasteiger partial charge on any atom is 0.339 e. The maximum absolute atomic E-state index is 11.1. The zero-order valence-corrected chi connectivity index (χ0v) is 8.24. The van der Waals surface area contributed by atoms with Gasteiger partial charge in [0.1, 0.15) is 5.56 Å². The van der Waals surface area contributed by atoms with Crippen molar-refractivity contribution in [3.63, 3.8) is 0 Å². The van der Waals surface area contributed by atoms with Crippen LogP contribution in [0.3, 0.4) is 0 Å². The van der Waals surface area contributed by atoms with E-state index in [2.05, 4.69) is 0 Å². The number of fused-ring (bicyclic) bond motifs is 1. The Labute approximate surface area is 86.4 Å². The molecule has 0 aromatic heterocycles. The van der Waals surface area contributed by atoms with E-state index in [9.17, 15) is 4.79 Å². The van der Waals surface area contributed by atoms with E-state index in [0.717, 1.165) is 5.56 Å². The fraction of sp³-hybridized carbons (Fsp3) is 0.300. The number of benzene rings is 1. The van der Waals surface area contributed by atoms with Gasteiger partial charge in [-0.3, -0.25) is 0 Å². The minimum absolute atomic E-state index is 0.116. The Morgan fingerprint density at radius 2 is 2.33 bits per heavy atom. The van der Waals surface area contributed by atoms with Crippen LogP contribution in [0.2, 0.25) is 0 Å². The lowest BCUT2D eigenvalue weighted by molar-refractivity contribution is 0.0688. The highest BCUT2D eigenvalue weighted by atomic mass is 16.5. The van der Waals surface area contributed by atoms with E-state index in [-0.39, 0.29) is 11.3 Å². The van der Waals surface area contributed by atoms with Gasteiger partial charge in [0.25, 0.3) is 0 Å². The summed E-state index contributed by atoms with van der Waals surface area (Å²) in [4.78, 5) is 11.1. The smallest absolute Gasteiger partial charge is 0.339 e. The molecule has 1 aliphatic rings. The Balaban J connectivity index is 2.71. The first-order valence-corrected chi connectivity index (χ1v) is 4.44. The molecule has 0 saturated carbocycles. The highest BCUT2D eigenvalue weighted by molar-refractivity contribution is 5.95. The molecule has 1 aromatic rings. The Bertz CT molecular complexity index is 424. The molecule has 0 saturated heterocycles. The van der Waals surface area contributed by atoms with Crippen LogP contribution in [-0.2, 0) is 18.0 Å². The van der Waals surface area contributed by atoms with Crippen molar-refractivity contribution in [2.45, 2.75) is 13.2 Å². The van der Waals surface area contributed by atoms with Gasteiger partial charge in [0.15, 0.2) is 5.75 Å². The van der Waals surface area contributed by atoms with Crippen LogP contribution >= 0.6 is 0 Å². The fourth-order valence-corrected chi connectivity index (χ4v) is 1.79. The molecule has 1 heterocycles. The molecule has 5 nitrogen and oxygen atoms in total. The molecule has 0 atom stereocenters. The van der Waals surface area contributed by atoms with Gasteiger partial charge < -0.3 is 20.3 Å². The lowest BCUT2D eigenvalue weighted by Crippen LogP contribution is -2.08. The molecule has 0 radical (unpaired) electrons. The van der Waals surface area contributed by atoms with Crippen LogP contribution < -0.4 is 10.5 Å². The molecule has 1 aromatic carbocycles. The minimum atomic E-state index is -1.04. The zero-order valence-electron chi connectivity index (χ0n) is 8.24. The first kappa shape index (κ1) is 9.79. The van der Waals surface area contributed by atoms with Crippen molar-refractivity contribution in [1.29, 1.82) is 0 Å². The number of carboxylic acids is 1. The van der Waals surface area contributed by atoms with Gasteiger partial charge in [-0.15, -0.1) is 0 Å². The van der Waals surface area contributed by atoms with Crippen molar-refractivity contribution in [1.82, 2.24) is 0 Å². The Morgan fingerprint density at radius 3 is 2.93 bits per heavy atom. The van der Waals surface area contributed by atoms with Gasteiger partial charge in [-0.05, 0) is 11.6 Å². The predicted octanol–water partition coefficient (Wildman–Crippen LogP) is 1.01. The molecular formula is C10H11NO4. The number of nitrogen functional groups attached to an aromatic ring is 1. The van der Waals surface area contributed by atoms with Crippen molar-refractivity contribution >= 4 is 11.7 Å². The molecule has 3 N–H and O–H groups in total. The topological polar surface area (TPSA) is 81.8 Å². The Hall–Kier alpha value is -1.75. The van der Waals surface area contributed by atoms with E-state index in [1.54, 1.807) is 6.07 Å². The van der Waals surface area contributed by atoms with E-state index in [1.807, 2.05) is 0 Å². The molecule has 5 heteroatoms. The summed E-state index contributed by atoms with van der Waals surface area (Å²) in [6, 6.07) is 1.70. The first-order chi connectivity index (χ1) is 7.15. The minimum Gasteiger partial charge on any atom is -0.494 e. The predicted molar refractivity (Wildman–Crippen MR) is 52.9 cm³/mol. The van der Waals surface area contributed by atoms with Gasteiger partial charge in [0.05, 0.1) is 26.0 Å². The highest BCUT2D eigenvalue weighted by Crippen LogP contribution is 2.35. The SMILES string of the molecule is COc1c(N)cc2c(c1C(=O)O)COC2. The van der Waals surface area contributed by atoms with E-state index < -0.39 is 5.97 Å². The highest BCUT2D eigenvalue weighted by Gasteiger charge is 2.25. The van der Waals surface area contributed by atoms with Crippen LogP contribution in [0.15, 0.2) is 6.07 Å². The third kappa shape index (κ3) is 1.41. The van der Waals surface area contributed by atoms with Crippen LogP contribution in [0.1, 0.15) is 21.5 Å². The standard InChI is InChI=1S/C10H11NO4/c1-14-9-7(11)2-5-3-15-4-6(5)8(9)10(12)13/h2H,3-4,11H2,1H3,(H,12,13). The molecule has 2 rings (SSSR count). The lowest BCUT2D eigenvalue weighted by Gasteiger charge is -2.11. The number of nitrogens with two attached hydrogens (primary N) is 1. The fourth-order valence-electron chi connectivity index (χ4n) is 1.79. The zero-order chi connectivity index (χ0) is 11.0. The molecule has 15 heavy (non-hydrogen) atoms. The second kappa shape index (κ2) is 3.43. The number of rotatable bonds is 2. The average Bonchev–Trinajstić information content (AvgIpc) is 2.62. The van der Waals surface area contributed by atoms with Gasteiger partial charge in [-0.2, -0.15) is 0 Å². The van der Waals surface area contributed by atoms with Crippen molar-refractivity contribution < 1.29 is 19.4 Å². The molecule has 0 unspecified atom stereocenters. The average molecular weight is 209 g/mol. The third-order valence-electron chi connectivity index (χ3n) is 2.43. The van der Waals surface area contributed by atoms with Crippen LogP contribution in [0.25, 0.3) is 0 Å². The van der Waals surface area contributed by atoms with E-state index in [4.69, 9.17) is 20.3 Å². The summed E-state index contributed by atoms with van der Waals surface area (Å²) in [5, 5.41) is 9.09. The lowest BCUT2D eigenvalue weighted by atomic mass is 10.0. The van der Waals surface area contributed by atoms with Crippen LogP contribution in [0, 0.1) is 0 Å². The molecule has 1 aliphatic heterocycles. The van der Waals surface area contributed by atoms with E-state index >= 15 is 0 Å². The van der Waals surface area contributed by atoms with E-state index in [0.29, 0.717) is 24.5 Å². The summed E-state index contributed by atoms with van der Waals surface area (Å²) in [6.07, 6.45) is 0. The normalized spacial score (nSPS) is 13.7. The van der Waals surface area contributed by atoms with E-state index in [1.165, 1.54) is 7.11 Å². The van der Waals surface area contributed by atoms with Crippen molar-refractivity contribution in [2.75, 3.05) is 12.8 Å². The molecular weight excluding hydrogens is 198 g/mol. The number of anilines is 1. The van der Waals surface area contributed by atoms with Gasteiger partial charge >= 0.3 is 5.97 Å². The van der Waals surface area contributed by atoms with Gasteiger partial charge in [-0.1, -0.05) is 0 Å². The summed E-state index contributed by atoms with van der Waals surface area (Å²) in [5.41, 5.74) is 7.63. The number of methoxy groups -OCH3 is 1. The summed E-state index contributed by atoms with van der Waals surface area (Å²) in [6.45, 7) is 0.706. The van der Waals surface area contributed by atoms with Gasteiger partial charge in [0.2, 0.25) is 0 Å². The van der Waals surface area contributed by atoms with Gasteiger partial charge in [0, 0.05) is 5.56 Å². The summed E-state index contributed by atoms with van der Waals surface area (Å²) >= 11 is 0. The second-order valence-corrected chi connectivity index (χ2v) is 3.31. The third-order valence-corrected chi connectivity index (χ3v) is 2.43. The maximum atomic E-state index is 11.1. The summed E-state index contributed by atoms with van der Waals surface area (Å²) < 4.78 is 10.2. The molecule has 0 fully saturated rings. The molecule has 0 aliphatic carbocycles. The van der Waals surface area contributed by atoms with Gasteiger partial charge in [-0.25, -0.2) is 4.79 Å². The summed E-state index contributed by atoms with van der Waals surface area (Å²) in [7, 11) is 1.40. The molecule has 0 amide bonds. The van der Waals surface area contributed by atoms with Crippen molar-refractivity contribution in [3.8, 4) is 5.75 Å². The van der Waals surface area contributed by atoms with Crippen molar-refractivity contribution in [3.05, 3.63) is 22.8 Å². The number of aromatic carboxylic acids is 1. The molecule has 80 valence electrons. The summed E-state index contributed by atoms with van der Waals surface area (Å²) in [5.74, 6) is -0.826. The van der Waals surface area contributed by atoms with Crippen LogP contribution in [0.5, 0.6) is 5.75 Å². The largest absolute Gasteiger partial charge is 0.494 e.